The summed E-state index contributed by atoms with van der Waals surface area (Å²) in [5, 5.41) is 16.2. The van der Waals surface area contributed by atoms with Crippen LogP contribution in [0.5, 0.6) is 0 Å². The van der Waals surface area contributed by atoms with Crippen molar-refractivity contribution in [2.75, 3.05) is 6.54 Å². The lowest BCUT2D eigenvalue weighted by Crippen LogP contribution is -2.56. The first-order chi connectivity index (χ1) is 22.5. The quantitative estimate of drug-likeness (QED) is 0.140. The summed E-state index contributed by atoms with van der Waals surface area (Å²) >= 11 is 0. The number of amides is 3. The maximum Gasteiger partial charge on any atom is 0.243 e. The number of rotatable bonds is 17. The lowest BCUT2D eigenvalue weighted by atomic mass is 10.0. The van der Waals surface area contributed by atoms with E-state index in [0.717, 1.165) is 22.0 Å². The lowest BCUT2D eigenvalue weighted by molar-refractivity contribution is -0.140. The Hall–Kier alpha value is -4.35. The maximum absolute atomic E-state index is 13.7. The molecular weight excluding hydrogens is 598 g/mol. The third kappa shape index (κ3) is 9.82. The number of unbranched alkanes of at least 4 members (excludes halogenated alkanes) is 2. The molecule has 252 valence electrons. The SMILES string of the molecule is CC(=O)[C@H](Cc1c[nH]c2ccccc12)NC(=O)[C@H](CCCCCC(=O)[C@@H](C)O)NC(=O)[C@H]1CCCN1C(=O)[C@@H](N)Cc1ccccc1. The molecule has 1 fully saturated rings. The summed E-state index contributed by atoms with van der Waals surface area (Å²) in [5.74, 6) is -1.71. The smallest absolute Gasteiger partial charge is 0.243 e. The third-order valence-electron chi connectivity index (χ3n) is 8.88. The second-order valence-electron chi connectivity index (χ2n) is 12.5. The highest BCUT2D eigenvalue weighted by molar-refractivity contribution is 5.95. The van der Waals surface area contributed by atoms with Crippen LogP contribution in [0.15, 0.2) is 60.8 Å². The van der Waals surface area contributed by atoms with Crippen molar-refractivity contribution in [3.8, 4) is 0 Å². The average molecular weight is 646 g/mol. The Morgan fingerprint density at radius 3 is 2.40 bits per heavy atom. The van der Waals surface area contributed by atoms with Crippen LogP contribution in [-0.2, 0) is 36.8 Å². The van der Waals surface area contributed by atoms with E-state index < -0.39 is 42.1 Å². The van der Waals surface area contributed by atoms with Crippen molar-refractivity contribution in [3.05, 3.63) is 71.9 Å². The molecular formula is C36H47N5O6. The molecule has 2 heterocycles. The maximum atomic E-state index is 13.7. The molecule has 11 nitrogen and oxygen atoms in total. The molecule has 1 saturated heterocycles. The molecule has 0 unspecified atom stereocenters. The van der Waals surface area contributed by atoms with Gasteiger partial charge in [0.25, 0.3) is 0 Å². The van der Waals surface area contributed by atoms with E-state index in [1.54, 1.807) is 0 Å². The number of Topliss-reactive ketones (excluding diaryl/α,β-unsaturated/α-hetero) is 2. The van der Waals surface area contributed by atoms with Crippen molar-refractivity contribution >= 4 is 40.2 Å². The molecule has 11 heteroatoms. The van der Waals surface area contributed by atoms with Gasteiger partial charge in [-0.15, -0.1) is 0 Å². The Morgan fingerprint density at radius 2 is 1.68 bits per heavy atom. The first kappa shape index (κ1) is 35.5. The number of aliphatic hydroxyl groups is 1. The Bertz CT molecular complexity index is 1540. The Morgan fingerprint density at radius 1 is 0.957 bits per heavy atom. The number of ketones is 2. The fourth-order valence-corrected chi connectivity index (χ4v) is 6.13. The van der Waals surface area contributed by atoms with Gasteiger partial charge in [0, 0.05) is 36.5 Å². The number of para-hydroxylation sites is 1. The molecule has 0 saturated carbocycles. The van der Waals surface area contributed by atoms with Gasteiger partial charge >= 0.3 is 0 Å². The number of aromatic amines is 1. The van der Waals surface area contributed by atoms with Crippen LogP contribution in [0.4, 0.5) is 0 Å². The van der Waals surface area contributed by atoms with Gasteiger partial charge in [0.1, 0.15) is 18.2 Å². The van der Waals surface area contributed by atoms with E-state index in [1.165, 1.54) is 18.7 Å². The predicted octanol–water partition coefficient (Wildman–Crippen LogP) is 2.73. The van der Waals surface area contributed by atoms with Crippen LogP contribution in [0.25, 0.3) is 10.9 Å². The molecule has 3 amide bonds. The molecule has 1 aliphatic heterocycles. The number of nitrogens with one attached hydrogen (secondary N) is 3. The van der Waals surface area contributed by atoms with Gasteiger partial charge in [-0.2, -0.15) is 0 Å². The van der Waals surface area contributed by atoms with Gasteiger partial charge in [0.2, 0.25) is 17.7 Å². The van der Waals surface area contributed by atoms with Crippen molar-refractivity contribution in [2.24, 2.45) is 5.73 Å². The number of carbonyl (C=O) groups excluding carboxylic acids is 5. The Kier molecular flexibility index (Phi) is 12.8. The monoisotopic (exact) mass is 645 g/mol. The lowest BCUT2D eigenvalue weighted by Gasteiger charge is -2.29. The minimum Gasteiger partial charge on any atom is -0.386 e. The number of aliphatic hydroxyl groups excluding tert-OH is 1. The number of fused-ring (bicyclic) bond motifs is 1. The van der Waals surface area contributed by atoms with Crippen molar-refractivity contribution < 1.29 is 29.1 Å². The third-order valence-corrected chi connectivity index (χ3v) is 8.88. The van der Waals surface area contributed by atoms with Gasteiger partial charge in [-0.25, -0.2) is 0 Å². The Balaban J connectivity index is 1.44. The van der Waals surface area contributed by atoms with E-state index in [4.69, 9.17) is 5.73 Å². The zero-order chi connectivity index (χ0) is 33.9. The second kappa shape index (κ2) is 17.0. The molecule has 3 aromatic rings. The molecule has 1 aliphatic rings. The summed E-state index contributed by atoms with van der Waals surface area (Å²) in [7, 11) is 0. The number of nitrogens with two attached hydrogens (primary N) is 1. The van der Waals surface area contributed by atoms with Crippen LogP contribution < -0.4 is 16.4 Å². The molecule has 5 atom stereocenters. The number of hydrogen-bond donors (Lipinski definition) is 5. The van der Waals surface area contributed by atoms with Gasteiger partial charge in [0.15, 0.2) is 11.6 Å². The minimum absolute atomic E-state index is 0.217. The Labute approximate surface area is 275 Å². The number of benzene rings is 2. The molecule has 1 aromatic heterocycles. The normalized spacial score (nSPS) is 17.1. The number of nitrogens with zero attached hydrogens (tertiary/aromatic N) is 1. The van der Waals surface area contributed by atoms with Gasteiger partial charge in [-0.1, -0.05) is 61.4 Å². The van der Waals surface area contributed by atoms with Crippen molar-refractivity contribution in [3.63, 3.8) is 0 Å². The van der Waals surface area contributed by atoms with Gasteiger partial charge in [0.05, 0.1) is 12.1 Å². The summed E-state index contributed by atoms with van der Waals surface area (Å²) in [6.07, 6.45) is 4.66. The molecule has 2 aromatic carbocycles. The molecule has 47 heavy (non-hydrogen) atoms. The van der Waals surface area contributed by atoms with E-state index in [2.05, 4.69) is 15.6 Å². The highest BCUT2D eigenvalue weighted by Crippen LogP contribution is 2.21. The predicted molar refractivity (Wildman–Crippen MR) is 179 cm³/mol. The number of aromatic nitrogens is 1. The number of carbonyl (C=O) groups is 5. The van der Waals surface area contributed by atoms with Crippen LogP contribution in [0.1, 0.15) is 69.9 Å². The van der Waals surface area contributed by atoms with Gasteiger partial charge in [-0.3, -0.25) is 24.0 Å². The van der Waals surface area contributed by atoms with E-state index >= 15 is 0 Å². The zero-order valence-corrected chi connectivity index (χ0v) is 27.2. The highest BCUT2D eigenvalue weighted by Gasteiger charge is 2.38. The molecule has 4 rings (SSSR count). The van der Waals surface area contributed by atoms with Gasteiger partial charge in [-0.05, 0) is 63.1 Å². The first-order valence-corrected chi connectivity index (χ1v) is 16.5. The van der Waals surface area contributed by atoms with Crippen LogP contribution in [-0.4, -0.2) is 81.1 Å². The number of hydrogen-bond acceptors (Lipinski definition) is 7. The van der Waals surface area contributed by atoms with Crippen LogP contribution >= 0.6 is 0 Å². The summed E-state index contributed by atoms with van der Waals surface area (Å²) in [6.45, 7) is 3.25. The highest BCUT2D eigenvalue weighted by atomic mass is 16.3. The van der Waals surface area contributed by atoms with Gasteiger partial charge < -0.3 is 31.4 Å². The largest absolute Gasteiger partial charge is 0.386 e. The van der Waals surface area contributed by atoms with E-state index in [-0.39, 0.29) is 36.7 Å². The molecule has 6 N–H and O–H groups in total. The van der Waals surface area contributed by atoms with Crippen molar-refractivity contribution in [1.29, 1.82) is 0 Å². The van der Waals surface area contributed by atoms with E-state index in [1.807, 2.05) is 60.8 Å². The topological polar surface area (TPSA) is 175 Å². The van der Waals surface area contributed by atoms with Crippen molar-refractivity contribution in [2.45, 2.75) is 102 Å². The fourth-order valence-electron chi connectivity index (χ4n) is 6.13. The van der Waals surface area contributed by atoms with Crippen LogP contribution in [0, 0.1) is 0 Å². The minimum atomic E-state index is -1.02. The number of H-pyrrole nitrogens is 1. The summed E-state index contributed by atoms with van der Waals surface area (Å²) in [5.41, 5.74) is 9.02. The van der Waals surface area contributed by atoms with E-state index in [9.17, 15) is 29.1 Å². The number of likely N-dealkylation sites (tertiary alicyclic amines) is 1. The van der Waals surface area contributed by atoms with Crippen molar-refractivity contribution in [1.82, 2.24) is 20.5 Å². The second-order valence-corrected chi connectivity index (χ2v) is 12.5. The molecule has 0 radical (unpaired) electrons. The molecule has 0 aliphatic carbocycles. The van der Waals surface area contributed by atoms with Crippen LogP contribution in [0.3, 0.4) is 0 Å². The summed E-state index contributed by atoms with van der Waals surface area (Å²) in [6, 6.07) is 13.8. The zero-order valence-electron chi connectivity index (χ0n) is 27.2. The standard InChI is InChI=1S/C36H47N5O6/c1-23(42)31(21-26-22-38-29-15-10-9-14-27(26)29)40-34(45)30(16-7-4-8-18-33(44)24(2)43)39-35(46)32-17-11-19-41(32)36(47)28(37)20-25-12-5-3-6-13-25/h3,5-6,9-10,12-15,22,24,28,30-32,38,43H,4,7-8,11,16-21,37H2,1-2H3,(H,39,46)(H,40,45)/t24-,28+,30+,31+,32-/m1/s1. The van der Waals surface area contributed by atoms with Crippen LogP contribution in [0.2, 0.25) is 0 Å². The summed E-state index contributed by atoms with van der Waals surface area (Å²) < 4.78 is 0. The van der Waals surface area contributed by atoms with E-state index in [0.29, 0.717) is 45.1 Å². The first-order valence-electron chi connectivity index (χ1n) is 16.5. The molecule has 0 bridgehead atoms. The summed E-state index contributed by atoms with van der Waals surface area (Å²) in [4.78, 5) is 70.0. The average Bonchev–Trinajstić information content (AvgIpc) is 3.71. The fraction of sp³-hybridized carbons (Fsp3) is 0.472. The molecule has 0 spiro atoms.